The zero-order valence-electron chi connectivity index (χ0n) is 20.3. The molecule has 3 aromatic heterocycles. The molecule has 1 aromatic carbocycles. The zero-order valence-corrected chi connectivity index (χ0v) is 20.3. The van der Waals surface area contributed by atoms with Gasteiger partial charge in [-0.3, -0.25) is 14.5 Å². The number of carbonyl (C=O) groups excluding carboxylic acids is 2. The molecule has 2 amide bonds. The van der Waals surface area contributed by atoms with Gasteiger partial charge in [0.1, 0.15) is 24.0 Å². The second kappa shape index (κ2) is 9.37. The Kier molecular flexibility index (Phi) is 6.09. The number of nitrogens with zero attached hydrogens (tertiary/aromatic N) is 5. The highest BCUT2D eigenvalue weighted by molar-refractivity contribution is 5.89. The van der Waals surface area contributed by atoms with Crippen LogP contribution in [0.5, 0.6) is 5.75 Å². The van der Waals surface area contributed by atoms with Crippen LogP contribution < -0.4 is 15.4 Å². The number of amides is 2. The Bertz CT molecular complexity index is 1430. The monoisotopic (exact) mass is 485 g/mol. The fraction of sp³-hybridized carbons (Fsp3) is 0.308. The molecule has 0 aliphatic heterocycles. The summed E-state index contributed by atoms with van der Waals surface area (Å²) in [5, 5.41) is 13.7. The van der Waals surface area contributed by atoms with Crippen LogP contribution in [0.3, 0.4) is 0 Å². The molecule has 2 atom stereocenters. The molecule has 0 fully saturated rings. The molecule has 3 heterocycles. The average Bonchev–Trinajstić information content (AvgIpc) is 3.33. The van der Waals surface area contributed by atoms with E-state index >= 15 is 0 Å². The third kappa shape index (κ3) is 4.88. The van der Waals surface area contributed by atoms with Gasteiger partial charge in [0.05, 0.1) is 17.9 Å². The molecule has 2 N–H and O–H groups in total. The summed E-state index contributed by atoms with van der Waals surface area (Å²) in [6.45, 7) is 5.95. The second-order valence-electron chi connectivity index (χ2n) is 9.79. The van der Waals surface area contributed by atoms with Crippen molar-refractivity contribution in [3.8, 4) is 5.75 Å². The number of anilines is 1. The summed E-state index contributed by atoms with van der Waals surface area (Å²) in [5.74, 6) is 1.03. The van der Waals surface area contributed by atoms with Gasteiger partial charge in [-0.2, -0.15) is 0 Å². The van der Waals surface area contributed by atoms with Crippen molar-refractivity contribution in [2.75, 3.05) is 5.32 Å². The van der Waals surface area contributed by atoms with E-state index in [0.29, 0.717) is 18.4 Å². The van der Waals surface area contributed by atoms with Crippen LogP contribution >= 0.6 is 0 Å². The lowest BCUT2D eigenvalue weighted by atomic mass is 9.85. The van der Waals surface area contributed by atoms with Crippen LogP contribution in [0.4, 0.5) is 10.6 Å². The fourth-order valence-corrected chi connectivity index (χ4v) is 4.34. The molecule has 0 saturated heterocycles. The number of aldehydes is 1. The lowest BCUT2D eigenvalue weighted by Crippen LogP contribution is -2.36. The molecular weight excluding hydrogens is 458 g/mol. The highest BCUT2D eigenvalue weighted by Gasteiger charge is 2.29. The first-order valence-electron chi connectivity index (χ1n) is 11.8. The maximum atomic E-state index is 12.9. The van der Waals surface area contributed by atoms with Crippen LogP contribution in [0.1, 0.15) is 73.2 Å². The molecule has 1 aliphatic carbocycles. The molecule has 0 saturated carbocycles. The van der Waals surface area contributed by atoms with E-state index in [1.165, 1.54) is 0 Å². The van der Waals surface area contributed by atoms with E-state index in [4.69, 9.17) is 4.74 Å². The number of hydrogen-bond acceptors (Lipinski definition) is 7. The van der Waals surface area contributed by atoms with E-state index in [1.807, 2.05) is 67.8 Å². The van der Waals surface area contributed by atoms with E-state index < -0.39 is 6.03 Å². The lowest BCUT2D eigenvalue weighted by Gasteiger charge is -2.32. The Hall–Kier alpha value is -4.34. The standard InChI is InChI=1S/C26H27N7O3/c1-26(2,3)21-12-22(30-23(14-34)29-21)31-25(35)28-19-9-10-20(18-7-5-4-6-17(18)19)36-16-8-11-24-32-27-15-33(24)13-16/h4-8,11-15,19-20H,9-10H2,1-3H3,(H2,28,29,30,31,35). The van der Waals surface area contributed by atoms with Crippen molar-refractivity contribution in [2.24, 2.45) is 0 Å². The summed E-state index contributed by atoms with van der Waals surface area (Å²) in [7, 11) is 0. The minimum absolute atomic E-state index is 0.0328. The lowest BCUT2D eigenvalue weighted by molar-refractivity contribution is 0.111. The molecule has 0 radical (unpaired) electrons. The number of rotatable bonds is 5. The smallest absolute Gasteiger partial charge is 0.320 e. The number of pyridine rings is 1. The van der Waals surface area contributed by atoms with Crippen molar-refractivity contribution in [1.82, 2.24) is 29.9 Å². The predicted molar refractivity (Wildman–Crippen MR) is 133 cm³/mol. The molecule has 10 heteroatoms. The predicted octanol–water partition coefficient (Wildman–Crippen LogP) is 4.41. The van der Waals surface area contributed by atoms with E-state index in [1.54, 1.807) is 12.4 Å². The summed E-state index contributed by atoms with van der Waals surface area (Å²) in [6.07, 6.45) is 5.34. The van der Waals surface area contributed by atoms with Gasteiger partial charge < -0.3 is 10.1 Å². The van der Waals surface area contributed by atoms with Crippen molar-refractivity contribution in [2.45, 2.75) is 51.2 Å². The summed E-state index contributed by atoms with van der Waals surface area (Å²) in [4.78, 5) is 32.6. The highest BCUT2D eigenvalue weighted by atomic mass is 16.5. The Morgan fingerprint density at radius 2 is 1.92 bits per heavy atom. The fourth-order valence-electron chi connectivity index (χ4n) is 4.34. The molecular formula is C26H27N7O3. The Labute approximate surface area is 208 Å². The van der Waals surface area contributed by atoms with E-state index in [0.717, 1.165) is 28.9 Å². The number of aromatic nitrogens is 5. The maximum Gasteiger partial charge on any atom is 0.320 e. The molecule has 2 unspecified atom stereocenters. The zero-order chi connectivity index (χ0) is 25.3. The number of hydrogen-bond donors (Lipinski definition) is 2. The first-order chi connectivity index (χ1) is 17.3. The Morgan fingerprint density at radius 1 is 1.11 bits per heavy atom. The number of fused-ring (bicyclic) bond motifs is 2. The summed E-state index contributed by atoms with van der Waals surface area (Å²) in [5.41, 5.74) is 3.14. The van der Waals surface area contributed by atoms with Crippen LogP contribution in [-0.2, 0) is 5.41 Å². The van der Waals surface area contributed by atoms with E-state index in [-0.39, 0.29) is 29.2 Å². The van der Waals surface area contributed by atoms with Crippen LogP contribution in [-0.4, -0.2) is 36.9 Å². The minimum Gasteiger partial charge on any atom is -0.484 e. The Morgan fingerprint density at radius 3 is 2.69 bits per heavy atom. The normalized spacial score (nSPS) is 17.3. The van der Waals surface area contributed by atoms with Crippen molar-refractivity contribution in [1.29, 1.82) is 0 Å². The van der Waals surface area contributed by atoms with Gasteiger partial charge in [0.25, 0.3) is 0 Å². The average molecular weight is 486 g/mol. The van der Waals surface area contributed by atoms with Crippen molar-refractivity contribution in [3.63, 3.8) is 0 Å². The second-order valence-corrected chi connectivity index (χ2v) is 9.79. The van der Waals surface area contributed by atoms with Crippen LogP contribution in [0, 0.1) is 0 Å². The van der Waals surface area contributed by atoms with Gasteiger partial charge in [-0.1, -0.05) is 45.0 Å². The van der Waals surface area contributed by atoms with Gasteiger partial charge in [0.15, 0.2) is 17.8 Å². The van der Waals surface area contributed by atoms with Gasteiger partial charge in [0, 0.05) is 11.5 Å². The highest BCUT2D eigenvalue weighted by Crippen LogP contribution is 2.38. The third-order valence-corrected chi connectivity index (χ3v) is 6.14. The maximum absolute atomic E-state index is 12.9. The molecule has 5 rings (SSSR count). The minimum atomic E-state index is -0.400. The Balaban J connectivity index is 1.31. The van der Waals surface area contributed by atoms with Crippen LogP contribution in [0.2, 0.25) is 0 Å². The summed E-state index contributed by atoms with van der Waals surface area (Å²) < 4.78 is 8.14. The number of nitrogens with one attached hydrogen (secondary N) is 2. The first-order valence-corrected chi connectivity index (χ1v) is 11.8. The molecule has 4 aromatic rings. The van der Waals surface area contributed by atoms with Crippen molar-refractivity contribution >= 4 is 23.8 Å². The van der Waals surface area contributed by atoms with Crippen molar-refractivity contribution < 1.29 is 14.3 Å². The summed E-state index contributed by atoms with van der Waals surface area (Å²) in [6, 6.07) is 12.8. The molecule has 36 heavy (non-hydrogen) atoms. The third-order valence-electron chi connectivity index (χ3n) is 6.14. The van der Waals surface area contributed by atoms with Gasteiger partial charge in [-0.15, -0.1) is 10.2 Å². The quantitative estimate of drug-likeness (QED) is 0.401. The first kappa shape index (κ1) is 23.4. The van der Waals surface area contributed by atoms with E-state index in [9.17, 15) is 9.59 Å². The van der Waals surface area contributed by atoms with Crippen molar-refractivity contribution in [3.05, 3.63) is 77.6 Å². The SMILES string of the molecule is CC(C)(C)c1cc(NC(=O)NC2CCC(Oc3ccc4nncn4c3)c3ccccc32)nc(C=O)n1. The summed E-state index contributed by atoms with van der Waals surface area (Å²) >= 11 is 0. The molecule has 0 bridgehead atoms. The largest absolute Gasteiger partial charge is 0.484 e. The van der Waals surface area contributed by atoms with Crippen LogP contribution in [0.15, 0.2) is 55.0 Å². The number of benzene rings is 1. The molecule has 0 spiro atoms. The van der Waals surface area contributed by atoms with E-state index in [2.05, 4.69) is 30.8 Å². The number of urea groups is 1. The van der Waals surface area contributed by atoms with Gasteiger partial charge in [-0.05, 0) is 36.1 Å². The van der Waals surface area contributed by atoms with Crippen LogP contribution in [0.25, 0.3) is 5.65 Å². The molecule has 1 aliphatic rings. The van der Waals surface area contributed by atoms with Gasteiger partial charge in [-0.25, -0.2) is 14.8 Å². The molecule has 10 nitrogen and oxygen atoms in total. The van der Waals surface area contributed by atoms with Gasteiger partial charge >= 0.3 is 6.03 Å². The number of carbonyl (C=O) groups is 2. The molecule has 184 valence electrons. The van der Waals surface area contributed by atoms with Gasteiger partial charge in [0.2, 0.25) is 0 Å². The number of ether oxygens (including phenoxy) is 1. The topological polar surface area (TPSA) is 123 Å².